The first-order valence-corrected chi connectivity index (χ1v) is 12.0. The van der Waals surface area contributed by atoms with Gasteiger partial charge in [-0.3, -0.25) is 0 Å². The van der Waals surface area contributed by atoms with Gasteiger partial charge in [-0.15, -0.1) is 0 Å². The molecule has 0 spiro atoms. The average Bonchev–Trinajstić information content (AvgIpc) is 3.61. The van der Waals surface area contributed by atoms with E-state index in [1.807, 2.05) is 84.4 Å². The molecule has 0 aliphatic rings. The lowest BCUT2D eigenvalue weighted by molar-refractivity contribution is 0.262. The number of carbonyl (C=O) groups is 1. The molecular formula is C28H26N6O4. The third kappa shape index (κ3) is 5.81. The summed E-state index contributed by atoms with van der Waals surface area (Å²) in [5.41, 5.74) is 3.71. The van der Waals surface area contributed by atoms with E-state index in [4.69, 9.17) is 14.0 Å². The summed E-state index contributed by atoms with van der Waals surface area (Å²) in [6.45, 7) is 2.99. The first-order chi connectivity index (χ1) is 18.6. The van der Waals surface area contributed by atoms with Crippen molar-refractivity contribution in [3.05, 3.63) is 90.9 Å². The number of methoxy groups -OCH3 is 1. The molecule has 10 nitrogen and oxygen atoms in total. The van der Waals surface area contributed by atoms with Crippen molar-refractivity contribution in [2.75, 3.05) is 24.4 Å². The standard InChI is InChI=1S/C28H26N6O4/c1-3-37-25-7-5-4-6-23(25)31-28(35)30-21-12-8-19(9-13-21)16-34-17-24(29-18-34)27-32-26(33-38-27)20-10-14-22(36-2)15-11-20/h4-15,17-18H,3,16H2,1-2H3,(H2,30,31,35). The third-order valence-electron chi connectivity index (χ3n) is 5.64. The van der Waals surface area contributed by atoms with Crippen molar-refractivity contribution in [1.29, 1.82) is 0 Å². The number of hydrogen-bond donors (Lipinski definition) is 2. The Bertz CT molecular complexity index is 1510. The van der Waals surface area contributed by atoms with Gasteiger partial charge >= 0.3 is 6.03 Å². The molecule has 38 heavy (non-hydrogen) atoms. The van der Waals surface area contributed by atoms with Gasteiger partial charge in [0.2, 0.25) is 5.82 Å². The zero-order chi connectivity index (χ0) is 26.3. The average molecular weight is 511 g/mol. The molecule has 5 rings (SSSR count). The summed E-state index contributed by atoms with van der Waals surface area (Å²) in [5, 5.41) is 9.72. The molecule has 3 aromatic carbocycles. The van der Waals surface area contributed by atoms with Crippen molar-refractivity contribution in [2.45, 2.75) is 13.5 Å². The third-order valence-corrected chi connectivity index (χ3v) is 5.64. The Morgan fingerprint density at radius 2 is 1.79 bits per heavy atom. The maximum atomic E-state index is 12.5. The highest BCUT2D eigenvalue weighted by molar-refractivity contribution is 6.00. The Kier molecular flexibility index (Phi) is 7.30. The SMILES string of the molecule is CCOc1ccccc1NC(=O)Nc1ccc(Cn2cnc(-c3nc(-c4ccc(OC)cc4)no3)c2)cc1. The largest absolute Gasteiger partial charge is 0.497 e. The highest BCUT2D eigenvalue weighted by atomic mass is 16.5. The minimum Gasteiger partial charge on any atom is -0.497 e. The number of ether oxygens (including phenoxy) is 2. The van der Waals surface area contributed by atoms with Crippen LogP contribution in [0, 0.1) is 0 Å². The van der Waals surface area contributed by atoms with Crippen molar-refractivity contribution in [3.63, 3.8) is 0 Å². The second-order valence-electron chi connectivity index (χ2n) is 8.29. The van der Waals surface area contributed by atoms with Crippen LogP contribution < -0.4 is 20.1 Å². The van der Waals surface area contributed by atoms with Crippen LogP contribution in [0.25, 0.3) is 23.0 Å². The van der Waals surface area contributed by atoms with Crippen LogP contribution in [0.1, 0.15) is 12.5 Å². The fourth-order valence-corrected chi connectivity index (χ4v) is 3.78. The van der Waals surface area contributed by atoms with Gasteiger partial charge in [0.25, 0.3) is 5.89 Å². The summed E-state index contributed by atoms with van der Waals surface area (Å²) in [6, 6.07) is 22.0. The van der Waals surface area contributed by atoms with Crippen molar-refractivity contribution < 1.29 is 18.8 Å². The highest BCUT2D eigenvalue weighted by Crippen LogP contribution is 2.25. The molecule has 0 atom stereocenters. The molecule has 0 aliphatic heterocycles. The Hall–Kier alpha value is -5.12. The highest BCUT2D eigenvalue weighted by Gasteiger charge is 2.14. The molecular weight excluding hydrogens is 484 g/mol. The van der Waals surface area contributed by atoms with Gasteiger partial charge in [0.1, 0.15) is 17.2 Å². The first-order valence-electron chi connectivity index (χ1n) is 12.0. The minimum absolute atomic E-state index is 0.339. The van der Waals surface area contributed by atoms with E-state index < -0.39 is 0 Å². The molecule has 0 saturated carbocycles. The number of nitrogens with one attached hydrogen (secondary N) is 2. The molecule has 0 bridgehead atoms. The van der Waals surface area contributed by atoms with Crippen LogP contribution in [0.3, 0.4) is 0 Å². The molecule has 10 heteroatoms. The quantitative estimate of drug-likeness (QED) is 0.261. The number of imidazole rings is 1. The molecule has 0 saturated heterocycles. The van der Waals surface area contributed by atoms with Crippen LogP contribution in [0.5, 0.6) is 11.5 Å². The molecule has 192 valence electrons. The smallest absolute Gasteiger partial charge is 0.323 e. The zero-order valence-electron chi connectivity index (χ0n) is 20.9. The van der Waals surface area contributed by atoms with Gasteiger partial charge in [-0.2, -0.15) is 4.98 Å². The number of rotatable bonds is 9. The van der Waals surface area contributed by atoms with E-state index in [-0.39, 0.29) is 6.03 Å². The number of hydrogen-bond acceptors (Lipinski definition) is 7. The Morgan fingerprint density at radius 1 is 1.00 bits per heavy atom. The number of aromatic nitrogens is 4. The van der Waals surface area contributed by atoms with Crippen molar-refractivity contribution >= 4 is 17.4 Å². The lowest BCUT2D eigenvalue weighted by atomic mass is 10.2. The van der Waals surface area contributed by atoms with Crippen molar-refractivity contribution in [3.8, 4) is 34.5 Å². The Labute approximate surface area is 219 Å². The van der Waals surface area contributed by atoms with Crippen LogP contribution in [0.4, 0.5) is 16.2 Å². The van der Waals surface area contributed by atoms with Gasteiger partial charge in [0.15, 0.2) is 0 Å². The second-order valence-corrected chi connectivity index (χ2v) is 8.29. The summed E-state index contributed by atoms with van der Waals surface area (Å²) in [7, 11) is 1.62. The van der Waals surface area contributed by atoms with Crippen LogP contribution in [0.2, 0.25) is 0 Å². The normalized spacial score (nSPS) is 10.7. The van der Waals surface area contributed by atoms with Crippen molar-refractivity contribution in [1.82, 2.24) is 19.7 Å². The van der Waals surface area contributed by atoms with Gasteiger partial charge in [-0.25, -0.2) is 9.78 Å². The fraction of sp³-hybridized carbons (Fsp3) is 0.143. The molecule has 2 N–H and O–H groups in total. The number of benzene rings is 3. The number of para-hydroxylation sites is 2. The predicted octanol–water partition coefficient (Wildman–Crippen LogP) is 5.70. The summed E-state index contributed by atoms with van der Waals surface area (Å²) in [6.07, 6.45) is 3.56. The summed E-state index contributed by atoms with van der Waals surface area (Å²) in [5.74, 6) is 2.20. The van der Waals surface area contributed by atoms with Crippen LogP contribution in [-0.2, 0) is 6.54 Å². The van der Waals surface area contributed by atoms with E-state index >= 15 is 0 Å². The van der Waals surface area contributed by atoms with Gasteiger partial charge in [0, 0.05) is 24.0 Å². The van der Waals surface area contributed by atoms with Crippen molar-refractivity contribution in [2.24, 2.45) is 0 Å². The van der Waals surface area contributed by atoms with E-state index in [1.54, 1.807) is 19.5 Å². The second kappa shape index (κ2) is 11.3. The molecule has 0 radical (unpaired) electrons. The molecule has 5 aromatic rings. The number of nitrogens with zero attached hydrogens (tertiary/aromatic N) is 4. The Balaban J connectivity index is 1.18. The fourth-order valence-electron chi connectivity index (χ4n) is 3.78. The van der Waals surface area contributed by atoms with Gasteiger partial charge in [-0.05, 0) is 61.0 Å². The number of urea groups is 1. The van der Waals surface area contributed by atoms with E-state index in [0.29, 0.717) is 47.7 Å². The van der Waals surface area contributed by atoms with Gasteiger partial charge < -0.3 is 29.2 Å². The maximum absolute atomic E-state index is 12.5. The van der Waals surface area contributed by atoms with Crippen LogP contribution in [-0.4, -0.2) is 39.4 Å². The van der Waals surface area contributed by atoms with Crippen LogP contribution in [0.15, 0.2) is 89.8 Å². The molecule has 0 unspecified atom stereocenters. The van der Waals surface area contributed by atoms with Crippen LogP contribution >= 0.6 is 0 Å². The van der Waals surface area contributed by atoms with Gasteiger partial charge in [0.05, 0.1) is 25.7 Å². The van der Waals surface area contributed by atoms with E-state index in [1.165, 1.54) is 0 Å². The molecule has 0 aliphatic carbocycles. The van der Waals surface area contributed by atoms with Gasteiger partial charge in [-0.1, -0.05) is 29.4 Å². The zero-order valence-corrected chi connectivity index (χ0v) is 20.9. The minimum atomic E-state index is -0.349. The molecule has 2 aromatic heterocycles. The molecule has 0 fully saturated rings. The number of anilines is 2. The first kappa shape index (κ1) is 24.6. The monoisotopic (exact) mass is 510 g/mol. The Morgan fingerprint density at radius 3 is 2.55 bits per heavy atom. The number of carbonyl (C=O) groups excluding carboxylic acids is 1. The lowest BCUT2D eigenvalue weighted by Crippen LogP contribution is -2.19. The lowest BCUT2D eigenvalue weighted by Gasteiger charge is -2.12. The summed E-state index contributed by atoms with van der Waals surface area (Å²) < 4.78 is 18.1. The maximum Gasteiger partial charge on any atom is 0.323 e. The molecule has 2 heterocycles. The van der Waals surface area contributed by atoms with E-state index in [2.05, 4.69) is 25.8 Å². The molecule has 2 amide bonds. The van der Waals surface area contributed by atoms with E-state index in [0.717, 1.165) is 16.9 Å². The summed E-state index contributed by atoms with van der Waals surface area (Å²) in [4.78, 5) is 21.3. The summed E-state index contributed by atoms with van der Waals surface area (Å²) >= 11 is 0. The topological polar surface area (TPSA) is 116 Å². The predicted molar refractivity (Wildman–Crippen MR) is 143 cm³/mol. The number of amides is 2. The van der Waals surface area contributed by atoms with E-state index in [9.17, 15) is 4.79 Å².